The van der Waals surface area contributed by atoms with E-state index in [1.54, 1.807) is 12.3 Å². The molecule has 1 heterocycles. The maximum atomic E-state index is 11.7. The summed E-state index contributed by atoms with van der Waals surface area (Å²) >= 11 is 3.27. The maximum absolute atomic E-state index is 11.7. The molecule has 1 aromatic rings. The molecule has 1 atom stereocenters. The molecule has 0 unspecified atom stereocenters. The van der Waals surface area contributed by atoms with Gasteiger partial charge in [-0.25, -0.2) is 0 Å². The molecule has 0 saturated heterocycles. The third-order valence-electron chi connectivity index (χ3n) is 2.65. The molecule has 0 spiro atoms. The minimum atomic E-state index is -0.180. The van der Waals surface area contributed by atoms with Crippen LogP contribution < -0.4 is 10.9 Å². The summed E-state index contributed by atoms with van der Waals surface area (Å²) in [6.07, 6.45) is 1.61. The van der Waals surface area contributed by atoms with E-state index in [2.05, 4.69) is 21.2 Å². The molecule has 1 N–H and O–H groups in total. The van der Waals surface area contributed by atoms with Gasteiger partial charge in [-0.15, -0.1) is 0 Å². The Morgan fingerprint density at radius 2 is 2.06 bits per heavy atom. The van der Waals surface area contributed by atoms with E-state index in [0.29, 0.717) is 5.92 Å². The van der Waals surface area contributed by atoms with E-state index in [1.165, 1.54) is 10.6 Å². The molecule has 94 valence electrons. The average Bonchev–Trinajstić information content (AvgIpc) is 2.23. The van der Waals surface area contributed by atoms with Gasteiger partial charge in [0.1, 0.15) is 6.54 Å². The van der Waals surface area contributed by atoms with Crippen molar-refractivity contribution in [3.63, 3.8) is 0 Å². The Kier molecular flexibility index (Phi) is 4.93. The number of pyridine rings is 1. The number of amides is 1. The molecule has 1 aromatic heterocycles. The molecule has 17 heavy (non-hydrogen) atoms. The molecule has 0 saturated carbocycles. The van der Waals surface area contributed by atoms with Gasteiger partial charge in [-0.2, -0.15) is 0 Å². The summed E-state index contributed by atoms with van der Waals surface area (Å²) < 4.78 is 2.16. The smallest absolute Gasteiger partial charge is 0.251 e. The summed E-state index contributed by atoms with van der Waals surface area (Å²) in [7, 11) is 0. The zero-order chi connectivity index (χ0) is 13.0. The van der Waals surface area contributed by atoms with Crippen LogP contribution in [-0.4, -0.2) is 16.5 Å². The highest BCUT2D eigenvalue weighted by atomic mass is 79.9. The van der Waals surface area contributed by atoms with E-state index >= 15 is 0 Å². The molecule has 0 aliphatic heterocycles. The Morgan fingerprint density at radius 1 is 1.41 bits per heavy atom. The van der Waals surface area contributed by atoms with Crippen LogP contribution in [0.25, 0.3) is 0 Å². The lowest BCUT2D eigenvalue weighted by Crippen LogP contribution is -2.39. The molecule has 0 aliphatic carbocycles. The summed E-state index contributed by atoms with van der Waals surface area (Å²) in [6, 6.07) is 3.20. The van der Waals surface area contributed by atoms with Crippen molar-refractivity contribution in [3.8, 4) is 0 Å². The van der Waals surface area contributed by atoms with Crippen LogP contribution in [0.3, 0.4) is 0 Å². The van der Waals surface area contributed by atoms with Crippen molar-refractivity contribution in [1.82, 2.24) is 9.88 Å². The minimum Gasteiger partial charge on any atom is -0.352 e. The Bertz CT molecular complexity index is 454. The molecule has 0 fully saturated rings. The van der Waals surface area contributed by atoms with Crippen molar-refractivity contribution in [2.24, 2.45) is 5.92 Å². The lowest BCUT2D eigenvalue weighted by molar-refractivity contribution is -0.122. The van der Waals surface area contributed by atoms with Crippen LogP contribution >= 0.6 is 15.9 Å². The van der Waals surface area contributed by atoms with Gasteiger partial charge in [-0.3, -0.25) is 9.59 Å². The lowest BCUT2D eigenvalue weighted by Gasteiger charge is -2.17. The highest BCUT2D eigenvalue weighted by Gasteiger charge is 2.11. The maximum Gasteiger partial charge on any atom is 0.251 e. The summed E-state index contributed by atoms with van der Waals surface area (Å²) in [5, 5.41) is 2.86. The largest absolute Gasteiger partial charge is 0.352 e. The number of halogens is 1. The first-order valence-corrected chi connectivity index (χ1v) is 6.35. The van der Waals surface area contributed by atoms with Gasteiger partial charge in [0.15, 0.2) is 0 Å². The third-order valence-corrected chi connectivity index (χ3v) is 3.12. The number of carbonyl (C=O) groups is 1. The first kappa shape index (κ1) is 14.0. The first-order valence-electron chi connectivity index (χ1n) is 5.55. The van der Waals surface area contributed by atoms with Crippen LogP contribution in [-0.2, 0) is 11.3 Å². The highest BCUT2D eigenvalue weighted by molar-refractivity contribution is 9.10. The number of nitrogens with zero attached hydrogens (tertiary/aromatic N) is 1. The fourth-order valence-corrected chi connectivity index (χ4v) is 1.63. The Hall–Kier alpha value is -1.10. The molecule has 0 radical (unpaired) electrons. The van der Waals surface area contributed by atoms with Gasteiger partial charge in [0.2, 0.25) is 5.91 Å². The average molecular weight is 301 g/mol. The number of hydrogen-bond acceptors (Lipinski definition) is 2. The molecule has 0 aliphatic rings. The van der Waals surface area contributed by atoms with Crippen molar-refractivity contribution in [1.29, 1.82) is 0 Å². The molecular formula is C12H17BrN2O2. The molecular weight excluding hydrogens is 284 g/mol. The number of hydrogen-bond donors (Lipinski definition) is 1. The molecule has 0 aromatic carbocycles. The Morgan fingerprint density at radius 3 is 2.65 bits per heavy atom. The molecule has 0 bridgehead atoms. The third kappa shape index (κ3) is 4.34. The van der Waals surface area contributed by atoms with Gasteiger partial charge < -0.3 is 9.88 Å². The second-order valence-corrected chi connectivity index (χ2v) is 5.33. The molecule has 5 heteroatoms. The fraction of sp³-hybridized carbons (Fsp3) is 0.500. The molecule has 4 nitrogen and oxygen atoms in total. The number of carbonyl (C=O) groups excluding carboxylic acids is 1. The Balaban J connectivity index is 2.68. The Labute approximate surface area is 109 Å². The van der Waals surface area contributed by atoms with Gasteiger partial charge >= 0.3 is 0 Å². The van der Waals surface area contributed by atoms with Crippen LogP contribution in [0.15, 0.2) is 27.6 Å². The number of nitrogens with one attached hydrogen (secondary N) is 1. The van der Waals surface area contributed by atoms with Gasteiger partial charge in [-0.05, 0) is 34.8 Å². The standard InChI is InChI=1S/C12H17BrN2O2/c1-8(2)9(3)14-11(16)7-15-6-10(13)4-5-12(15)17/h4-6,8-9H,7H2,1-3H3,(H,14,16)/t9-/m1/s1. The van der Waals surface area contributed by atoms with Crippen molar-refractivity contribution in [2.45, 2.75) is 33.4 Å². The van der Waals surface area contributed by atoms with Crippen molar-refractivity contribution in [3.05, 3.63) is 33.2 Å². The normalized spacial score (nSPS) is 12.5. The predicted molar refractivity (Wildman–Crippen MR) is 70.8 cm³/mol. The van der Waals surface area contributed by atoms with Crippen LogP contribution in [0, 0.1) is 5.92 Å². The fourth-order valence-electron chi connectivity index (χ4n) is 1.25. The van der Waals surface area contributed by atoms with E-state index in [4.69, 9.17) is 0 Å². The van der Waals surface area contributed by atoms with Crippen LogP contribution in [0.2, 0.25) is 0 Å². The van der Waals surface area contributed by atoms with Gasteiger partial charge in [0.25, 0.3) is 5.56 Å². The molecule has 1 rings (SSSR count). The van der Waals surface area contributed by atoms with Crippen LogP contribution in [0.1, 0.15) is 20.8 Å². The topological polar surface area (TPSA) is 51.1 Å². The van der Waals surface area contributed by atoms with Crippen molar-refractivity contribution >= 4 is 21.8 Å². The zero-order valence-corrected chi connectivity index (χ0v) is 11.8. The number of rotatable bonds is 4. The summed E-state index contributed by atoms with van der Waals surface area (Å²) in [5.41, 5.74) is -0.180. The summed E-state index contributed by atoms with van der Waals surface area (Å²) in [4.78, 5) is 23.2. The van der Waals surface area contributed by atoms with Gasteiger partial charge in [0.05, 0.1) is 0 Å². The summed E-state index contributed by atoms with van der Waals surface area (Å²) in [6.45, 7) is 6.08. The van der Waals surface area contributed by atoms with E-state index in [0.717, 1.165) is 4.47 Å². The first-order chi connectivity index (χ1) is 7.90. The van der Waals surface area contributed by atoms with Crippen molar-refractivity contribution in [2.75, 3.05) is 0 Å². The van der Waals surface area contributed by atoms with Gasteiger partial charge in [0, 0.05) is 22.8 Å². The predicted octanol–water partition coefficient (Wildman–Crippen LogP) is 1.77. The van der Waals surface area contributed by atoms with Crippen molar-refractivity contribution < 1.29 is 4.79 Å². The van der Waals surface area contributed by atoms with E-state index in [1.807, 2.05) is 20.8 Å². The zero-order valence-electron chi connectivity index (χ0n) is 10.2. The van der Waals surface area contributed by atoms with Crippen LogP contribution in [0.4, 0.5) is 0 Å². The lowest BCUT2D eigenvalue weighted by atomic mass is 10.1. The van der Waals surface area contributed by atoms with E-state index in [-0.39, 0.29) is 24.1 Å². The van der Waals surface area contributed by atoms with E-state index in [9.17, 15) is 9.59 Å². The SMILES string of the molecule is CC(C)[C@@H](C)NC(=O)Cn1cc(Br)ccc1=O. The van der Waals surface area contributed by atoms with Crippen LogP contribution in [0.5, 0.6) is 0 Å². The number of aromatic nitrogens is 1. The summed E-state index contributed by atoms with van der Waals surface area (Å²) in [5.74, 6) is 0.226. The minimum absolute atomic E-state index is 0.0509. The van der Waals surface area contributed by atoms with Gasteiger partial charge in [-0.1, -0.05) is 13.8 Å². The monoisotopic (exact) mass is 300 g/mol. The second-order valence-electron chi connectivity index (χ2n) is 4.41. The quantitative estimate of drug-likeness (QED) is 0.921. The molecule has 1 amide bonds. The second kappa shape index (κ2) is 6.00. The van der Waals surface area contributed by atoms with E-state index < -0.39 is 0 Å². The highest BCUT2D eigenvalue weighted by Crippen LogP contribution is 2.05.